The van der Waals surface area contributed by atoms with Crippen LogP contribution in [0.1, 0.15) is 22.3 Å². The quantitative estimate of drug-likeness (QED) is 0.587. The summed E-state index contributed by atoms with van der Waals surface area (Å²) < 4.78 is 16.0. The molecule has 0 saturated carbocycles. The van der Waals surface area contributed by atoms with Crippen molar-refractivity contribution in [1.29, 1.82) is 0 Å². The molecule has 0 bridgehead atoms. The van der Waals surface area contributed by atoms with Gasteiger partial charge in [0.25, 0.3) is 11.8 Å². The van der Waals surface area contributed by atoms with E-state index < -0.39 is 5.91 Å². The molecule has 2 amide bonds. The van der Waals surface area contributed by atoms with Gasteiger partial charge in [-0.25, -0.2) is 0 Å². The number of ether oxygens (including phenoxy) is 3. The van der Waals surface area contributed by atoms with Gasteiger partial charge in [0.2, 0.25) is 0 Å². The molecule has 0 aromatic heterocycles. The molecule has 144 valence electrons. The van der Waals surface area contributed by atoms with Crippen LogP contribution in [0.3, 0.4) is 0 Å². The van der Waals surface area contributed by atoms with E-state index in [1.54, 1.807) is 18.2 Å². The van der Waals surface area contributed by atoms with Gasteiger partial charge in [-0.2, -0.15) is 0 Å². The Morgan fingerprint density at radius 1 is 1.07 bits per heavy atom. The Morgan fingerprint density at radius 2 is 1.85 bits per heavy atom. The molecule has 0 aliphatic rings. The third-order valence-corrected chi connectivity index (χ3v) is 3.66. The van der Waals surface area contributed by atoms with Crippen LogP contribution >= 0.6 is 0 Å². The zero-order chi connectivity index (χ0) is 19.5. The molecule has 2 rings (SSSR count). The first-order chi connectivity index (χ1) is 13.1. The topological polar surface area (TPSA) is 99.9 Å². The highest BCUT2D eigenvalue weighted by atomic mass is 16.5. The molecule has 3 N–H and O–H groups in total. The molecule has 0 heterocycles. The van der Waals surface area contributed by atoms with Crippen molar-refractivity contribution < 1.29 is 23.8 Å². The lowest BCUT2D eigenvalue weighted by Gasteiger charge is -2.11. The number of methoxy groups -OCH3 is 1. The zero-order valence-corrected chi connectivity index (χ0v) is 15.3. The van der Waals surface area contributed by atoms with Gasteiger partial charge in [-0.15, -0.1) is 0 Å². The van der Waals surface area contributed by atoms with E-state index in [4.69, 9.17) is 19.9 Å². The average molecular weight is 372 g/mol. The molecule has 0 aliphatic heterocycles. The lowest BCUT2D eigenvalue weighted by Crippen LogP contribution is -2.25. The summed E-state index contributed by atoms with van der Waals surface area (Å²) in [7, 11) is 1.46. The predicted octanol–water partition coefficient (Wildman–Crippen LogP) is 1.90. The Balaban J connectivity index is 1.74. The number of amides is 2. The molecular weight excluding hydrogens is 348 g/mol. The second kappa shape index (κ2) is 10.8. The van der Waals surface area contributed by atoms with E-state index in [1.807, 2.05) is 30.3 Å². The van der Waals surface area contributed by atoms with Crippen LogP contribution in [-0.2, 0) is 16.1 Å². The van der Waals surface area contributed by atoms with Crippen molar-refractivity contribution in [2.45, 2.75) is 13.0 Å². The van der Waals surface area contributed by atoms with E-state index in [2.05, 4.69) is 5.32 Å². The summed E-state index contributed by atoms with van der Waals surface area (Å²) in [6.45, 7) is 1.35. The molecule has 2 aromatic rings. The number of hydrogen-bond acceptors (Lipinski definition) is 5. The van der Waals surface area contributed by atoms with Crippen molar-refractivity contribution in [3.05, 3.63) is 59.7 Å². The fraction of sp³-hybridized carbons (Fsp3) is 0.300. The first kappa shape index (κ1) is 20.3. The second-order valence-electron chi connectivity index (χ2n) is 5.77. The molecule has 0 fully saturated rings. The van der Waals surface area contributed by atoms with Crippen LogP contribution < -0.4 is 20.5 Å². The van der Waals surface area contributed by atoms with Crippen molar-refractivity contribution >= 4 is 11.8 Å². The van der Waals surface area contributed by atoms with E-state index in [0.29, 0.717) is 43.2 Å². The Bertz CT molecular complexity index is 749. The van der Waals surface area contributed by atoms with Crippen LogP contribution in [0.25, 0.3) is 0 Å². The maximum atomic E-state index is 12.2. The SMILES string of the molecule is COc1cc(C(=O)NCCCOCc2ccccc2)ccc1OCC(N)=O. The highest BCUT2D eigenvalue weighted by Crippen LogP contribution is 2.27. The largest absolute Gasteiger partial charge is 0.493 e. The van der Waals surface area contributed by atoms with Gasteiger partial charge in [0.05, 0.1) is 13.7 Å². The number of primary amides is 1. The summed E-state index contributed by atoms with van der Waals surface area (Å²) in [6.07, 6.45) is 0.704. The molecule has 0 unspecified atom stereocenters. The van der Waals surface area contributed by atoms with E-state index in [9.17, 15) is 9.59 Å². The second-order valence-corrected chi connectivity index (χ2v) is 5.77. The number of carbonyl (C=O) groups excluding carboxylic acids is 2. The number of rotatable bonds is 11. The lowest BCUT2D eigenvalue weighted by molar-refractivity contribution is -0.119. The highest BCUT2D eigenvalue weighted by molar-refractivity contribution is 5.94. The van der Waals surface area contributed by atoms with Gasteiger partial charge in [0, 0.05) is 18.7 Å². The number of nitrogens with two attached hydrogens (primary N) is 1. The molecule has 0 atom stereocenters. The Labute approximate surface area is 158 Å². The molecular formula is C20H24N2O5. The third kappa shape index (κ3) is 6.99. The molecule has 0 aliphatic carbocycles. The molecule has 0 radical (unpaired) electrons. The van der Waals surface area contributed by atoms with Gasteiger partial charge in [0.15, 0.2) is 18.1 Å². The lowest BCUT2D eigenvalue weighted by atomic mass is 10.2. The molecule has 0 spiro atoms. The minimum atomic E-state index is -0.589. The van der Waals surface area contributed by atoms with Crippen molar-refractivity contribution in [2.75, 3.05) is 26.9 Å². The van der Waals surface area contributed by atoms with Crippen molar-refractivity contribution in [2.24, 2.45) is 5.73 Å². The minimum Gasteiger partial charge on any atom is -0.493 e. The summed E-state index contributed by atoms with van der Waals surface area (Å²) in [5, 5.41) is 2.83. The van der Waals surface area contributed by atoms with Crippen LogP contribution in [0, 0.1) is 0 Å². The van der Waals surface area contributed by atoms with Crippen molar-refractivity contribution in [3.8, 4) is 11.5 Å². The maximum Gasteiger partial charge on any atom is 0.255 e. The molecule has 7 nitrogen and oxygen atoms in total. The van der Waals surface area contributed by atoms with Crippen LogP contribution in [0.2, 0.25) is 0 Å². The number of carbonyl (C=O) groups is 2. The smallest absolute Gasteiger partial charge is 0.255 e. The van der Waals surface area contributed by atoms with E-state index in [-0.39, 0.29) is 12.5 Å². The fourth-order valence-corrected chi connectivity index (χ4v) is 2.32. The van der Waals surface area contributed by atoms with Gasteiger partial charge in [-0.3, -0.25) is 9.59 Å². The molecule has 7 heteroatoms. The standard InChI is InChI=1S/C20H24N2O5/c1-25-18-12-16(8-9-17(18)27-14-19(21)23)20(24)22-10-5-11-26-13-15-6-3-2-4-7-15/h2-4,6-9,12H,5,10-11,13-14H2,1H3,(H2,21,23)(H,22,24). The normalized spacial score (nSPS) is 10.3. The van der Waals surface area contributed by atoms with Crippen molar-refractivity contribution in [1.82, 2.24) is 5.32 Å². The Morgan fingerprint density at radius 3 is 2.56 bits per heavy atom. The van der Waals surface area contributed by atoms with Gasteiger partial charge in [-0.05, 0) is 30.2 Å². The van der Waals surface area contributed by atoms with Crippen LogP contribution in [-0.4, -0.2) is 38.7 Å². The molecule has 2 aromatic carbocycles. The number of benzene rings is 2. The van der Waals surface area contributed by atoms with Crippen LogP contribution in [0.4, 0.5) is 0 Å². The summed E-state index contributed by atoms with van der Waals surface area (Å²) in [4.78, 5) is 23.0. The van der Waals surface area contributed by atoms with Crippen molar-refractivity contribution in [3.63, 3.8) is 0 Å². The zero-order valence-electron chi connectivity index (χ0n) is 15.3. The molecule has 0 saturated heterocycles. The number of hydrogen-bond donors (Lipinski definition) is 2. The van der Waals surface area contributed by atoms with Gasteiger partial charge < -0.3 is 25.3 Å². The monoisotopic (exact) mass is 372 g/mol. The van der Waals surface area contributed by atoms with E-state index in [0.717, 1.165) is 5.56 Å². The Hall–Kier alpha value is -3.06. The van der Waals surface area contributed by atoms with Crippen LogP contribution in [0.15, 0.2) is 48.5 Å². The predicted molar refractivity (Wildman–Crippen MR) is 101 cm³/mol. The summed E-state index contributed by atoms with van der Waals surface area (Å²) in [6, 6.07) is 14.6. The Kier molecular flexibility index (Phi) is 8.12. The van der Waals surface area contributed by atoms with E-state index in [1.165, 1.54) is 7.11 Å². The summed E-state index contributed by atoms with van der Waals surface area (Å²) >= 11 is 0. The first-order valence-electron chi connectivity index (χ1n) is 8.59. The summed E-state index contributed by atoms with van der Waals surface area (Å²) in [5.41, 5.74) is 6.61. The van der Waals surface area contributed by atoms with Gasteiger partial charge in [0.1, 0.15) is 0 Å². The third-order valence-electron chi connectivity index (χ3n) is 3.66. The van der Waals surface area contributed by atoms with Crippen LogP contribution in [0.5, 0.6) is 11.5 Å². The maximum absolute atomic E-state index is 12.2. The average Bonchev–Trinajstić information content (AvgIpc) is 2.69. The molecule has 27 heavy (non-hydrogen) atoms. The van der Waals surface area contributed by atoms with Gasteiger partial charge >= 0.3 is 0 Å². The van der Waals surface area contributed by atoms with Gasteiger partial charge in [-0.1, -0.05) is 30.3 Å². The van der Waals surface area contributed by atoms with E-state index >= 15 is 0 Å². The first-order valence-corrected chi connectivity index (χ1v) is 8.59. The fourth-order valence-electron chi connectivity index (χ4n) is 2.32. The highest BCUT2D eigenvalue weighted by Gasteiger charge is 2.11. The minimum absolute atomic E-state index is 0.224. The summed E-state index contributed by atoms with van der Waals surface area (Å²) in [5.74, 6) is -0.108. The number of nitrogens with one attached hydrogen (secondary N) is 1.